The van der Waals surface area contributed by atoms with E-state index in [0.29, 0.717) is 6.04 Å². The molecule has 0 saturated carbocycles. The van der Waals surface area contributed by atoms with Gasteiger partial charge in [-0.05, 0) is 41.2 Å². The van der Waals surface area contributed by atoms with Gasteiger partial charge in [0.1, 0.15) is 5.60 Å². The van der Waals surface area contributed by atoms with Crippen LogP contribution in [0.5, 0.6) is 0 Å². The average molecular weight is 211 g/mol. The Morgan fingerprint density at radius 3 is 2.60 bits per heavy atom. The van der Waals surface area contributed by atoms with Crippen LogP contribution in [-0.4, -0.2) is 36.1 Å². The van der Waals surface area contributed by atoms with Crippen molar-refractivity contribution >= 4 is 5.97 Å². The van der Waals surface area contributed by atoms with Gasteiger partial charge in [0.2, 0.25) is 0 Å². The number of ether oxygens (including phenoxy) is 1. The minimum atomic E-state index is -0.398. The van der Waals surface area contributed by atoms with Crippen molar-refractivity contribution in [3.05, 3.63) is 11.6 Å². The molecule has 0 bridgehead atoms. The second-order valence-electron chi connectivity index (χ2n) is 5.22. The van der Waals surface area contributed by atoms with Gasteiger partial charge in [0.05, 0.1) is 0 Å². The molecule has 0 saturated heterocycles. The first-order chi connectivity index (χ1) is 6.79. The molecular weight excluding hydrogens is 190 g/mol. The van der Waals surface area contributed by atoms with E-state index in [4.69, 9.17) is 4.74 Å². The third-order valence-electron chi connectivity index (χ3n) is 2.55. The number of carbonyl (C=O) groups excluding carboxylic acids is 1. The zero-order valence-corrected chi connectivity index (χ0v) is 10.3. The molecule has 3 heteroatoms. The highest BCUT2D eigenvalue weighted by atomic mass is 16.6. The molecule has 0 radical (unpaired) electrons. The Morgan fingerprint density at radius 2 is 2.13 bits per heavy atom. The number of esters is 1. The quantitative estimate of drug-likeness (QED) is 0.621. The van der Waals surface area contributed by atoms with Crippen molar-refractivity contribution in [1.29, 1.82) is 0 Å². The summed E-state index contributed by atoms with van der Waals surface area (Å²) in [6.07, 6.45) is 2.75. The molecule has 86 valence electrons. The van der Waals surface area contributed by atoms with Crippen LogP contribution in [0, 0.1) is 0 Å². The summed E-state index contributed by atoms with van der Waals surface area (Å²) in [4.78, 5) is 14.0. The van der Waals surface area contributed by atoms with Crippen LogP contribution in [0.4, 0.5) is 0 Å². The standard InChI is InChI=1S/C12H21NO2/c1-9-8-10(6-7-13(9)5)11(14)15-12(2,3)4/h6,9H,7-8H2,1-5H3/t9-/m1/s1. The molecule has 3 nitrogen and oxygen atoms in total. The van der Waals surface area contributed by atoms with Crippen LogP contribution in [0.25, 0.3) is 0 Å². The normalized spacial score (nSPS) is 23.5. The molecule has 0 aromatic heterocycles. The fourth-order valence-corrected chi connectivity index (χ4v) is 1.50. The van der Waals surface area contributed by atoms with Gasteiger partial charge in [-0.3, -0.25) is 4.90 Å². The topological polar surface area (TPSA) is 29.5 Å². The molecule has 1 aliphatic rings. The number of likely N-dealkylation sites (N-methyl/N-ethyl adjacent to an activating group) is 1. The lowest BCUT2D eigenvalue weighted by Crippen LogP contribution is -2.36. The first-order valence-corrected chi connectivity index (χ1v) is 5.42. The third-order valence-corrected chi connectivity index (χ3v) is 2.55. The lowest BCUT2D eigenvalue weighted by molar-refractivity contribution is -0.150. The lowest BCUT2D eigenvalue weighted by atomic mass is 10.0. The van der Waals surface area contributed by atoms with Gasteiger partial charge in [0.25, 0.3) is 0 Å². The van der Waals surface area contributed by atoms with E-state index in [0.717, 1.165) is 18.5 Å². The minimum absolute atomic E-state index is 0.164. The van der Waals surface area contributed by atoms with Gasteiger partial charge in [-0.1, -0.05) is 6.08 Å². The van der Waals surface area contributed by atoms with Gasteiger partial charge in [-0.2, -0.15) is 0 Å². The smallest absolute Gasteiger partial charge is 0.334 e. The monoisotopic (exact) mass is 211 g/mol. The van der Waals surface area contributed by atoms with Gasteiger partial charge in [0, 0.05) is 18.2 Å². The Morgan fingerprint density at radius 1 is 1.53 bits per heavy atom. The maximum atomic E-state index is 11.8. The van der Waals surface area contributed by atoms with Crippen LogP contribution < -0.4 is 0 Å². The molecule has 0 aromatic rings. The Hall–Kier alpha value is -0.830. The molecular formula is C12H21NO2. The third kappa shape index (κ3) is 3.67. The molecule has 0 aromatic carbocycles. The molecule has 0 fully saturated rings. The summed E-state index contributed by atoms with van der Waals surface area (Å²) in [7, 11) is 2.06. The molecule has 0 N–H and O–H groups in total. The lowest BCUT2D eigenvalue weighted by Gasteiger charge is -2.29. The molecule has 0 amide bonds. The number of nitrogens with zero attached hydrogens (tertiary/aromatic N) is 1. The zero-order chi connectivity index (χ0) is 11.6. The van der Waals surface area contributed by atoms with Crippen molar-refractivity contribution in [3.63, 3.8) is 0 Å². The fraction of sp³-hybridized carbons (Fsp3) is 0.750. The van der Waals surface area contributed by atoms with E-state index in [9.17, 15) is 4.79 Å². The van der Waals surface area contributed by atoms with Crippen molar-refractivity contribution in [1.82, 2.24) is 4.90 Å². The van der Waals surface area contributed by atoms with Gasteiger partial charge in [0.15, 0.2) is 0 Å². The molecule has 15 heavy (non-hydrogen) atoms. The van der Waals surface area contributed by atoms with Gasteiger partial charge < -0.3 is 4.74 Å². The summed E-state index contributed by atoms with van der Waals surface area (Å²) < 4.78 is 5.34. The molecule has 0 aliphatic carbocycles. The van der Waals surface area contributed by atoms with Gasteiger partial charge in [-0.25, -0.2) is 4.79 Å². The van der Waals surface area contributed by atoms with Crippen LogP contribution >= 0.6 is 0 Å². The van der Waals surface area contributed by atoms with Gasteiger partial charge in [-0.15, -0.1) is 0 Å². The van der Waals surface area contributed by atoms with E-state index in [1.165, 1.54) is 0 Å². The summed E-state index contributed by atoms with van der Waals surface area (Å²) in [5.74, 6) is -0.164. The predicted octanol–water partition coefficient (Wildman–Crippen LogP) is 1.98. The van der Waals surface area contributed by atoms with Crippen molar-refractivity contribution in [3.8, 4) is 0 Å². The highest BCUT2D eigenvalue weighted by Crippen LogP contribution is 2.19. The molecule has 1 aliphatic heterocycles. The fourth-order valence-electron chi connectivity index (χ4n) is 1.50. The second-order valence-corrected chi connectivity index (χ2v) is 5.22. The predicted molar refractivity (Wildman–Crippen MR) is 60.6 cm³/mol. The van der Waals surface area contributed by atoms with Crippen molar-refractivity contribution in [2.75, 3.05) is 13.6 Å². The first-order valence-electron chi connectivity index (χ1n) is 5.42. The van der Waals surface area contributed by atoms with E-state index in [2.05, 4.69) is 18.9 Å². The Bertz CT molecular complexity index is 276. The zero-order valence-electron chi connectivity index (χ0n) is 10.3. The maximum Gasteiger partial charge on any atom is 0.334 e. The van der Waals surface area contributed by atoms with Crippen LogP contribution in [-0.2, 0) is 9.53 Å². The Balaban J connectivity index is 2.62. The number of hydrogen-bond acceptors (Lipinski definition) is 3. The van der Waals surface area contributed by atoms with Crippen LogP contribution in [0.1, 0.15) is 34.1 Å². The summed E-state index contributed by atoms with van der Waals surface area (Å²) in [5.41, 5.74) is 0.417. The minimum Gasteiger partial charge on any atom is -0.457 e. The van der Waals surface area contributed by atoms with E-state index in [-0.39, 0.29) is 5.97 Å². The number of hydrogen-bond donors (Lipinski definition) is 0. The van der Waals surface area contributed by atoms with Crippen LogP contribution in [0.3, 0.4) is 0 Å². The van der Waals surface area contributed by atoms with Crippen LogP contribution in [0.2, 0.25) is 0 Å². The maximum absolute atomic E-state index is 11.8. The highest BCUT2D eigenvalue weighted by Gasteiger charge is 2.24. The average Bonchev–Trinajstić information content (AvgIpc) is 2.06. The Kier molecular flexibility index (Phi) is 3.55. The number of rotatable bonds is 1. The molecule has 0 unspecified atom stereocenters. The van der Waals surface area contributed by atoms with Crippen molar-refractivity contribution in [2.45, 2.75) is 45.8 Å². The largest absolute Gasteiger partial charge is 0.457 e. The summed E-state index contributed by atoms with van der Waals surface area (Å²) in [5, 5.41) is 0. The van der Waals surface area contributed by atoms with E-state index in [1.54, 1.807) is 0 Å². The van der Waals surface area contributed by atoms with E-state index in [1.807, 2.05) is 26.8 Å². The van der Waals surface area contributed by atoms with Crippen LogP contribution in [0.15, 0.2) is 11.6 Å². The molecule has 1 rings (SSSR count). The molecule has 1 heterocycles. The highest BCUT2D eigenvalue weighted by molar-refractivity contribution is 5.89. The Labute approximate surface area is 92.1 Å². The van der Waals surface area contributed by atoms with Gasteiger partial charge >= 0.3 is 5.97 Å². The second kappa shape index (κ2) is 4.35. The number of carbonyl (C=O) groups is 1. The van der Waals surface area contributed by atoms with Crippen molar-refractivity contribution in [2.24, 2.45) is 0 Å². The van der Waals surface area contributed by atoms with E-state index >= 15 is 0 Å². The summed E-state index contributed by atoms with van der Waals surface area (Å²) in [6, 6.07) is 0.414. The molecule has 1 atom stereocenters. The SMILES string of the molecule is C[C@@H]1CC(C(=O)OC(C)(C)C)=CCN1C. The molecule has 0 spiro atoms. The van der Waals surface area contributed by atoms with E-state index < -0.39 is 5.60 Å². The van der Waals surface area contributed by atoms with Crippen molar-refractivity contribution < 1.29 is 9.53 Å². The summed E-state index contributed by atoms with van der Waals surface area (Å²) >= 11 is 0. The first kappa shape index (κ1) is 12.2. The summed E-state index contributed by atoms with van der Waals surface area (Å²) in [6.45, 7) is 8.63.